The number of fused-ring (bicyclic) bond motifs is 2. The molecule has 3 aromatic rings. The third kappa shape index (κ3) is 4.05. The number of para-hydroxylation sites is 2. The summed E-state index contributed by atoms with van der Waals surface area (Å²) >= 11 is 1.53. The second kappa shape index (κ2) is 9.00. The smallest absolute Gasteiger partial charge is 0.252 e. The number of carbonyl (C=O) groups is 2. The molecule has 2 aliphatic rings. The van der Waals surface area contributed by atoms with Crippen LogP contribution in [0.3, 0.4) is 0 Å². The molecule has 2 aliphatic heterocycles. The number of hydrogen-bond acceptors (Lipinski definition) is 7. The first-order valence-corrected chi connectivity index (χ1v) is 11.7. The molecule has 1 saturated heterocycles. The first-order valence-electron chi connectivity index (χ1n) is 10.6. The van der Waals surface area contributed by atoms with E-state index < -0.39 is 6.04 Å². The van der Waals surface area contributed by atoms with E-state index in [9.17, 15) is 14.9 Å². The van der Waals surface area contributed by atoms with Gasteiger partial charge in [0, 0.05) is 23.0 Å². The number of thioether (sulfide) groups is 1. The Morgan fingerprint density at radius 3 is 3.00 bits per heavy atom. The van der Waals surface area contributed by atoms with Crippen LogP contribution in [0.25, 0.3) is 10.9 Å². The molecule has 166 valence electrons. The molecule has 9 heteroatoms. The van der Waals surface area contributed by atoms with E-state index in [2.05, 4.69) is 21.3 Å². The normalized spacial score (nSPS) is 17.2. The van der Waals surface area contributed by atoms with Crippen molar-refractivity contribution in [2.45, 2.75) is 6.04 Å². The SMILES string of the molecule is N#CC1CSCN1C(=O)CNC(=O)c1ccnc2ccc(N3CCOc4ccccc43)cc12. The van der Waals surface area contributed by atoms with Crippen molar-refractivity contribution in [3.8, 4) is 11.8 Å². The number of hydrogen-bond donors (Lipinski definition) is 1. The summed E-state index contributed by atoms with van der Waals surface area (Å²) < 4.78 is 5.76. The van der Waals surface area contributed by atoms with Gasteiger partial charge in [-0.3, -0.25) is 14.6 Å². The van der Waals surface area contributed by atoms with Gasteiger partial charge in [0.15, 0.2) is 0 Å². The van der Waals surface area contributed by atoms with E-state index in [1.54, 1.807) is 12.3 Å². The number of nitrogens with one attached hydrogen (secondary N) is 1. The molecule has 3 heterocycles. The highest BCUT2D eigenvalue weighted by Gasteiger charge is 2.29. The Morgan fingerprint density at radius 1 is 1.24 bits per heavy atom. The highest BCUT2D eigenvalue weighted by Crippen LogP contribution is 2.37. The molecule has 2 aromatic carbocycles. The summed E-state index contributed by atoms with van der Waals surface area (Å²) in [5.74, 6) is 1.27. The van der Waals surface area contributed by atoms with Crippen molar-refractivity contribution >= 4 is 45.9 Å². The van der Waals surface area contributed by atoms with Crippen LogP contribution < -0.4 is 15.0 Å². The Hall–Kier alpha value is -3.77. The van der Waals surface area contributed by atoms with Gasteiger partial charge in [-0.1, -0.05) is 12.1 Å². The number of amides is 2. The minimum absolute atomic E-state index is 0.155. The zero-order chi connectivity index (χ0) is 22.8. The average Bonchev–Trinajstić information content (AvgIpc) is 3.35. The van der Waals surface area contributed by atoms with Crippen LogP contribution in [0.1, 0.15) is 10.4 Å². The number of aromatic nitrogens is 1. The number of pyridine rings is 1. The minimum Gasteiger partial charge on any atom is -0.490 e. The van der Waals surface area contributed by atoms with Crippen molar-refractivity contribution < 1.29 is 14.3 Å². The van der Waals surface area contributed by atoms with Gasteiger partial charge in [0.05, 0.1) is 41.8 Å². The molecular weight excluding hydrogens is 438 g/mol. The lowest BCUT2D eigenvalue weighted by Gasteiger charge is -2.31. The molecule has 1 fully saturated rings. The van der Waals surface area contributed by atoms with Gasteiger partial charge >= 0.3 is 0 Å². The van der Waals surface area contributed by atoms with E-state index in [1.807, 2.05) is 42.5 Å². The van der Waals surface area contributed by atoms with Crippen molar-refractivity contribution in [1.82, 2.24) is 15.2 Å². The highest BCUT2D eigenvalue weighted by atomic mass is 32.2. The van der Waals surface area contributed by atoms with Crippen LogP contribution >= 0.6 is 11.8 Å². The van der Waals surface area contributed by atoms with Gasteiger partial charge in [0.1, 0.15) is 18.4 Å². The second-order valence-electron chi connectivity index (χ2n) is 7.72. The number of rotatable bonds is 4. The number of carbonyl (C=O) groups excluding carboxylic acids is 2. The zero-order valence-corrected chi connectivity index (χ0v) is 18.5. The predicted molar refractivity (Wildman–Crippen MR) is 127 cm³/mol. The summed E-state index contributed by atoms with van der Waals surface area (Å²) in [6, 6.07) is 17.0. The van der Waals surface area contributed by atoms with Crippen molar-refractivity contribution in [3.05, 3.63) is 60.3 Å². The van der Waals surface area contributed by atoms with E-state index in [1.165, 1.54) is 16.7 Å². The fourth-order valence-corrected chi connectivity index (χ4v) is 5.19. The molecule has 0 saturated carbocycles. The maximum absolute atomic E-state index is 13.0. The Labute approximate surface area is 195 Å². The van der Waals surface area contributed by atoms with Crippen LogP contribution in [0.5, 0.6) is 5.75 Å². The predicted octanol–water partition coefficient (Wildman–Crippen LogP) is 2.92. The van der Waals surface area contributed by atoms with Gasteiger partial charge in [0.2, 0.25) is 5.91 Å². The molecule has 1 N–H and O–H groups in total. The van der Waals surface area contributed by atoms with Gasteiger partial charge in [-0.15, -0.1) is 11.8 Å². The molecule has 2 amide bonds. The van der Waals surface area contributed by atoms with Gasteiger partial charge < -0.3 is 19.9 Å². The summed E-state index contributed by atoms with van der Waals surface area (Å²) in [6.45, 7) is 1.10. The van der Waals surface area contributed by atoms with Crippen LogP contribution in [0.2, 0.25) is 0 Å². The molecule has 0 spiro atoms. The van der Waals surface area contributed by atoms with Crippen molar-refractivity contribution in [2.24, 2.45) is 0 Å². The quantitative estimate of drug-likeness (QED) is 0.641. The monoisotopic (exact) mass is 459 g/mol. The zero-order valence-electron chi connectivity index (χ0n) is 17.7. The lowest BCUT2D eigenvalue weighted by atomic mass is 10.1. The first kappa shape index (κ1) is 21.1. The Kier molecular flexibility index (Phi) is 5.75. The third-order valence-corrected chi connectivity index (χ3v) is 6.77. The number of benzene rings is 2. The lowest BCUT2D eigenvalue weighted by molar-refractivity contribution is -0.129. The van der Waals surface area contributed by atoms with Gasteiger partial charge in [-0.05, 0) is 36.4 Å². The highest BCUT2D eigenvalue weighted by molar-refractivity contribution is 7.99. The molecule has 33 heavy (non-hydrogen) atoms. The van der Waals surface area contributed by atoms with Gasteiger partial charge in [-0.2, -0.15) is 5.26 Å². The van der Waals surface area contributed by atoms with E-state index in [0.717, 1.165) is 17.1 Å². The van der Waals surface area contributed by atoms with E-state index in [0.29, 0.717) is 41.2 Å². The summed E-state index contributed by atoms with van der Waals surface area (Å²) in [5, 5.41) is 12.6. The van der Waals surface area contributed by atoms with Gasteiger partial charge in [0.25, 0.3) is 5.91 Å². The molecule has 1 atom stereocenters. The molecule has 5 rings (SSSR count). The fraction of sp³-hybridized carbons (Fsp3) is 0.250. The molecular formula is C24H21N5O3S. The first-order chi connectivity index (χ1) is 16.2. The summed E-state index contributed by atoms with van der Waals surface area (Å²) in [7, 11) is 0. The van der Waals surface area contributed by atoms with Gasteiger partial charge in [-0.25, -0.2) is 0 Å². The van der Waals surface area contributed by atoms with Crippen molar-refractivity contribution in [3.63, 3.8) is 0 Å². The van der Waals surface area contributed by atoms with E-state index >= 15 is 0 Å². The Bertz CT molecular complexity index is 1270. The summed E-state index contributed by atoms with van der Waals surface area (Å²) in [4.78, 5) is 33.6. The van der Waals surface area contributed by atoms with Crippen LogP contribution in [0.15, 0.2) is 54.7 Å². The van der Waals surface area contributed by atoms with E-state index in [-0.39, 0.29) is 18.4 Å². The topological polar surface area (TPSA) is 98.6 Å². The standard InChI is InChI=1S/C24H21N5O3S/c25-12-17-14-33-15-29(17)23(30)13-27-24(31)18-7-8-26-20-6-5-16(11-19(18)20)28-9-10-32-22-4-2-1-3-21(22)28/h1-8,11,17H,9-10,13-15H2,(H,27,31). The van der Waals surface area contributed by atoms with Crippen molar-refractivity contribution in [1.29, 1.82) is 5.26 Å². The third-order valence-electron chi connectivity index (χ3n) is 5.76. The lowest BCUT2D eigenvalue weighted by Crippen LogP contribution is -2.42. The Morgan fingerprint density at radius 2 is 2.12 bits per heavy atom. The van der Waals surface area contributed by atoms with Crippen LogP contribution in [0.4, 0.5) is 11.4 Å². The minimum atomic E-state index is -0.444. The van der Waals surface area contributed by atoms with E-state index in [4.69, 9.17) is 4.74 Å². The molecule has 1 aromatic heterocycles. The number of anilines is 2. The summed E-state index contributed by atoms with van der Waals surface area (Å²) in [6.07, 6.45) is 1.59. The van der Waals surface area contributed by atoms with Crippen LogP contribution in [-0.2, 0) is 4.79 Å². The molecule has 0 bridgehead atoms. The van der Waals surface area contributed by atoms with Crippen molar-refractivity contribution in [2.75, 3.05) is 36.2 Å². The Balaban J connectivity index is 1.40. The summed E-state index contributed by atoms with van der Waals surface area (Å²) in [5.41, 5.74) is 3.05. The molecule has 0 aliphatic carbocycles. The maximum Gasteiger partial charge on any atom is 0.252 e. The second-order valence-corrected chi connectivity index (χ2v) is 8.72. The van der Waals surface area contributed by atoms with Crippen LogP contribution in [0, 0.1) is 11.3 Å². The number of nitrogens with zero attached hydrogens (tertiary/aromatic N) is 4. The van der Waals surface area contributed by atoms with Crippen LogP contribution in [-0.4, -0.2) is 59.1 Å². The molecule has 8 nitrogen and oxygen atoms in total. The largest absolute Gasteiger partial charge is 0.490 e. The fourth-order valence-electron chi connectivity index (χ4n) is 4.09. The maximum atomic E-state index is 13.0. The molecule has 1 unspecified atom stereocenters. The average molecular weight is 460 g/mol. The number of ether oxygens (including phenoxy) is 1. The molecule has 0 radical (unpaired) electrons. The number of nitriles is 1.